The van der Waals surface area contributed by atoms with Gasteiger partial charge in [0.1, 0.15) is 0 Å². The van der Waals surface area contributed by atoms with Crippen LogP contribution in [0.15, 0.2) is 12.3 Å². The molecule has 0 amide bonds. The van der Waals surface area contributed by atoms with Crippen LogP contribution in [-0.2, 0) is 5.60 Å². The first-order chi connectivity index (χ1) is 7.17. The smallest absolute Gasteiger partial charge is 0.255 e. The van der Waals surface area contributed by atoms with Gasteiger partial charge < -0.3 is 9.84 Å². The molecule has 1 aliphatic rings. The molecular weight excluding hydrogens is 197 g/mol. The van der Waals surface area contributed by atoms with Gasteiger partial charge in [0.25, 0.3) is 5.95 Å². The number of ether oxygens (including phenoxy) is 1. The van der Waals surface area contributed by atoms with Crippen LogP contribution in [0.3, 0.4) is 0 Å². The van der Waals surface area contributed by atoms with E-state index in [1.165, 1.54) is 6.20 Å². The van der Waals surface area contributed by atoms with Crippen LogP contribution >= 0.6 is 0 Å². The van der Waals surface area contributed by atoms with Gasteiger partial charge in [0, 0.05) is 11.8 Å². The lowest BCUT2D eigenvalue weighted by atomic mass is 9.75. The third-order valence-corrected chi connectivity index (χ3v) is 2.83. The van der Waals surface area contributed by atoms with Gasteiger partial charge in [-0.25, -0.2) is 4.98 Å². The van der Waals surface area contributed by atoms with Crippen molar-refractivity contribution in [2.45, 2.75) is 31.8 Å². The molecule has 1 saturated carbocycles. The summed E-state index contributed by atoms with van der Waals surface area (Å²) in [6.07, 6.45) is 3.66. The second-order valence-corrected chi connectivity index (χ2v) is 3.80. The Morgan fingerprint density at radius 3 is 2.87 bits per heavy atom. The molecule has 1 fully saturated rings. The Hall–Kier alpha value is -1.16. The Labute approximate surface area is 87.9 Å². The number of hydrogen-bond acceptors (Lipinski definition) is 3. The van der Waals surface area contributed by atoms with Crippen molar-refractivity contribution in [2.24, 2.45) is 0 Å². The third-order valence-electron chi connectivity index (χ3n) is 2.83. The summed E-state index contributed by atoms with van der Waals surface area (Å²) in [6, 6.07) is 1.63. The highest BCUT2D eigenvalue weighted by molar-refractivity contribution is 5.37. The normalized spacial score (nSPS) is 18.3. The van der Waals surface area contributed by atoms with Crippen LogP contribution in [0.2, 0.25) is 0 Å². The van der Waals surface area contributed by atoms with E-state index in [-0.39, 0.29) is 5.75 Å². The van der Waals surface area contributed by atoms with Gasteiger partial charge in [0.2, 0.25) is 0 Å². The van der Waals surface area contributed by atoms with Gasteiger partial charge in [-0.1, -0.05) is 0 Å². The molecule has 0 bridgehead atoms. The van der Waals surface area contributed by atoms with Crippen LogP contribution in [0.1, 0.15) is 31.7 Å². The van der Waals surface area contributed by atoms with E-state index in [0.29, 0.717) is 25.0 Å². The highest BCUT2D eigenvalue weighted by Gasteiger charge is 2.39. The van der Waals surface area contributed by atoms with Crippen molar-refractivity contribution in [2.75, 3.05) is 6.61 Å². The molecular formula is C11H14FNO2. The summed E-state index contributed by atoms with van der Waals surface area (Å²) in [7, 11) is 0. The van der Waals surface area contributed by atoms with E-state index in [4.69, 9.17) is 4.74 Å². The predicted molar refractivity (Wildman–Crippen MR) is 53.1 cm³/mol. The topological polar surface area (TPSA) is 42.4 Å². The molecule has 0 aliphatic heterocycles. The maximum atomic E-state index is 13.4. The van der Waals surface area contributed by atoms with Gasteiger partial charge >= 0.3 is 0 Å². The van der Waals surface area contributed by atoms with Gasteiger partial charge in [0.15, 0.2) is 5.75 Å². The van der Waals surface area contributed by atoms with Crippen LogP contribution in [0.25, 0.3) is 0 Å². The van der Waals surface area contributed by atoms with Gasteiger partial charge in [-0.05, 0) is 32.3 Å². The Morgan fingerprint density at radius 2 is 2.33 bits per heavy atom. The van der Waals surface area contributed by atoms with Crippen LogP contribution in [0, 0.1) is 5.95 Å². The van der Waals surface area contributed by atoms with Crippen molar-refractivity contribution in [1.29, 1.82) is 0 Å². The number of aromatic nitrogens is 1. The molecule has 3 nitrogen and oxygen atoms in total. The monoisotopic (exact) mass is 211 g/mol. The van der Waals surface area contributed by atoms with Crippen LogP contribution < -0.4 is 4.74 Å². The number of aliphatic hydroxyl groups is 1. The largest absolute Gasteiger partial charge is 0.489 e. The van der Waals surface area contributed by atoms with Crippen molar-refractivity contribution in [1.82, 2.24) is 4.98 Å². The van der Waals surface area contributed by atoms with Gasteiger partial charge in [0.05, 0.1) is 12.2 Å². The molecule has 1 aliphatic carbocycles. The zero-order valence-corrected chi connectivity index (χ0v) is 8.66. The van der Waals surface area contributed by atoms with E-state index in [0.717, 1.165) is 6.42 Å². The van der Waals surface area contributed by atoms with Crippen molar-refractivity contribution in [3.8, 4) is 5.75 Å². The zero-order chi connectivity index (χ0) is 10.9. The van der Waals surface area contributed by atoms with E-state index in [9.17, 15) is 9.50 Å². The third kappa shape index (κ3) is 1.69. The first-order valence-corrected chi connectivity index (χ1v) is 5.17. The molecule has 0 spiro atoms. The summed E-state index contributed by atoms with van der Waals surface area (Å²) in [5.74, 6) is -0.545. The summed E-state index contributed by atoms with van der Waals surface area (Å²) < 4.78 is 18.6. The minimum Gasteiger partial charge on any atom is -0.489 e. The van der Waals surface area contributed by atoms with Crippen molar-refractivity contribution in [3.63, 3.8) is 0 Å². The lowest BCUT2D eigenvalue weighted by Crippen LogP contribution is -2.34. The van der Waals surface area contributed by atoms with Crippen molar-refractivity contribution < 1.29 is 14.2 Å². The van der Waals surface area contributed by atoms with Gasteiger partial charge in [-0.2, -0.15) is 4.39 Å². The number of rotatable bonds is 3. The summed E-state index contributed by atoms with van der Waals surface area (Å²) >= 11 is 0. The number of halogens is 1. The Balaban J connectivity index is 2.41. The Kier molecular flexibility index (Phi) is 2.61. The second kappa shape index (κ2) is 3.77. The SMILES string of the molecule is CCOc1c(C2(O)CCC2)ccnc1F. The fraction of sp³-hybridized carbons (Fsp3) is 0.545. The molecule has 0 atom stereocenters. The summed E-state index contributed by atoms with van der Waals surface area (Å²) in [6.45, 7) is 2.15. The molecule has 15 heavy (non-hydrogen) atoms. The van der Waals surface area contributed by atoms with Gasteiger partial charge in [-0.3, -0.25) is 0 Å². The molecule has 0 radical (unpaired) electrons. The molecule has 1 N–H and O–H groups in total. The van der Waals surface area contributed by atoms with Crippen molar-refractivity contribution in [3.05, 3.63) is 23.8 Å². The standard InChI is InChI=1S/C11H14FNO2/c1-2-15-9-8(4-7-13-10(9)12)11(14)5-3-6-11/h4,7,14H,2-3,5-6H2,1H3. The maximum Gasteiger partial charge on any atom is 0.255 e. The number of pyridine rings is 1. The van der Waals surface area contributed by atoms with E-state index in [1.807, 2.05) is 0 Å². The first kappa shape index (κ1) is 10.4. The highest BCUT2D eigenvalue weighted by atomic mass is 19.1. The number of hydrogen-bond donors (Lipinski definition) is 1. The molecule has 1 heterocycles. The highest BCUT2D eigenvalue weighted by Crippen LogP contribution is 2.45. The minimum atomic E-state index is -0.908. The minimum absolute atomic E-state index is 0.0993. The first-order valence-electron chi connectivity index (χ1n) is 5.17. The van der Waals surface area contributed by atoms with Crippen LogP contribution in [-0.4, -0.2) is 16.7 Å². The van der Waals surface area contributed by atoms with E-state index in [2.05, 4.69) is 4.98 Å². The fourth-order valence-electron chi connectivity index (χ4n) is 1.85. The molecule has 1 aromatic rings. The molecule has 1 aromatic heterocycles. The molecule has 4 heteroatoms. The van der Waals surface area contributed by atoms with E-state index < -0.39 is 11.5 Å². The average Bonchev–Trinajstić information content (AvgIpc) is 2.18. The quantitative estimate of drug-likeness (QED) is 0.777. The lowest BCUT2D eigenvalue weighted by molar-refractivity contribution is -0.0412. The molecule has 0 saturated heterocycles. The Morgan fingerprint density at radius 1 is 1.60 bits per heavy atom. The molecule has 2 rings (SSSR count). The van der Waals surface area contributed by atoms with Crippen LogP contribution in [0.4, 0.5) is 4.39 Å². The van der Waals surface area contributed by atoms with Gasteiger partial charge in [-0.15, -0.1) is 0 Å². The maximum absolute atomic E-state index is 13.4. The fourth-order valence-corrected chi connectivity index (χ4v) is 1.85. The lowest BCUT2D eigenvalue weighted by Gasteiger charge is -2.37. The van der Waals surface area contributed by atoms with E-state index in [1.54, 1.807) is 13.0 Å². The molecule has 0 aromatic carbocycles. The second-order valence-electron chi connectivity index (χ2n) is 3.80. The molecule has 0 unspecified atom stereocenters. The van der Waals surface area contributed by atoms with E-state index >= 15 is 0 Å². The van der Waals surface area contributed by atoms with Crippen LogP contribution in [0.5, 0.6) is 5.75 Å². The predicted octanol–water partition coefficient (Wildman–Crippen LogP) is 1.99. The zero-order valence-electron chi connectivity index (χ0n) is 8.66. The summed E-state index contributed by atoms with van der Waals surface area (Å²) in [5.41, 5.74) is -0.378. The Bertz CT molecular complexity index is 364. The van der Waals surface area contributed by atoms with Crippen molar-refractivity contribution >= 4 is 0 Å². The summed E-state index contributed by atoms with van der Waals surface area (Å²) in [4.78, 5) is 3.53. The molecule has 82 valence electrons. The summed E-state index contributed by atoms with van der Waals surface area (Å²) in [5, 5.41) is 10.1. The number of nitrogens with zero attached hydrogens (tertiary/aromatic N) is 1. The average molecular weight is 211 g/mol.